The average Bonchev–Trinajstić information content (AvgIpc) is 3.85. The number of benzene rings is 2. The largest absolute Gasteiger partial charge is 0.355 e. The van der Waals surface area contributed by atoms with Crippen molar-refractivity contribution in [1.82, 2.24) is 19.9 Å². The number of nitrogens with one attached hydrogen (secondary N) is 2. The lowest BCUT2D eigenvalue weighted by molar-refractivity contribution is 0.665. The van der Waals surface area contributed by atoms with Gasteiger partial charge in [-0.25, -0.2) is 9.97 Å². The van der Waals surface area contributed by atoms with Gasteiger partial charge in [0.25, 0.3) is 0 Å². The van der Waals surface area contributed by atoms with E-state index >= 15 is 0 Å². The molecular formula is C40H38N4. The van der Waals surface area contributed by atoms with Crippen molar-refractivity contribution in [3.8, 4) is 22.3 Å². The van der Waals surface area contributed by atoms with Crippen molar-refractivity contribution in [3.05, 3.63) is 118 Å². The first kappa shape index (κ1) is 27.8. The molecule has 2 aliphatic heterocycles. The molecule has 4 nitrogen and oxygen atoms in total. The minimum absolute atomic E-state index is 0.945. The van der Waals surface area contributed by atoms with Gasteiger partial charge in [-0.3, -0.25) is 0 Å². The monoisotopic (exact) mass is 574 g/mol. The highest BCUT2D eigenvalue weighted by Crippen LogP contribution is 2.34. The lowest BCUT2D eigenvalue weighted by Crippen LogP contribution is -1.95. The average molecular weight is 575 g/mol. The molecule has 218 valence electrons. The number of hydrogen-bond donors (Lipinski definition) is 2. The van der Waals surface area contributed by atoms with Crippen molar-refractivity contribution >= 4 is 46.4 Å². The lowest BCUT2D eigenvalue weighted by atomic mass is 10.0. The first-order valence-electron chi connectivity index (χ1n) is 15.8. The van der Waals surface area contributed by atoms with E-state index in [2.05, 4.69) is 134 Å². The number of aromatic amines is 2. The Morgan fingerprint density at radius 1 is 0.523 bits per heavy atom. The molecule has 0 fully saturated rings. The molecule has 5 aromatic rings. The molecule has 2 N–H and O–H groups in total. The van der Waals surface area contributed by atoms with Gasteiger partial charge in [0.05, 0.1) is 22.8 Å². The van der Waals surface area contributed by atoms with Crippen LogP contribution in [0.15, 0.2) is 78.9 Å². The Bertz CT molecular complexity index is 1910. The van der Waals surface area contributed by atoms with Gasteiger partial charge in [-0.15, -0.1) is 0 Å². The van der Waals surface area contributed by atoms with Crippen LogP contribution in [0.5, 0.6) is 0 Å². The van der Waals surface area contributed by atoms with Crippen LogP contribution < -0.4 is 0 Å². The molecule has 0 saturated heterocycles. The summed E-state index contributed by atoms with van der Waals surface area (Å²) in [6.07, 6.45) is 14.4. The maximum atomic E-state index is 5.31. The van der Waals surface area contributed by atoms with E-state index in [-0.39, 0.29) is 0 Å². The molecule has 0 amide bonds. The predicted octanol–water partition coefficient (Wildman–Crippen LogP) is 10.7. The van der Waals surface area contributed by atoms with E-state index < -0.39 is 0 Å². The summed E-state index contributed by atoms with van der Waals surface area (Å²) < 4.78 is 0. The summed E-state index contributed by atoms with van der Waals surface area (Å²) in [7, 11) is 0. The van der Waals surface area contributed by atoms with Crippen molar-refractivity contribution in [3.63, 3.8) is 0 Å². The molecule has 2 aliphatic rings. The second kappa shape index (κ2) is 12.0. The molecule has 2 aromatic carbocycles. The summed E-state index contributed by atoms with van der Waals surface area (Å²) in [6, 6.07) is 28.3. The van der Waals surface area contributed by atoms with Gasteiger partial charge in [-0.1, -0.05) is 85.8 Å². The van der Waals surface area contributed by atoms with Gasteiger partial charge in [0.15, 0.2) is 0 Å². The molecule has 44 heavy (non-hydrogen) atoms. The molecule has 0 atom stereocenters. The Kier molecular flexibility index (Phi) is 7.57. The maximum Gasteiger partial charge on any atom is 0.0737 e. The molecule has 4 heteroatoms. The van der Waals surface area contributed by atoms with Crippen molar-refractivity contribution in [2.45, 2.75) is 52.9 Å². The van der Waals surface area contributed by atoms with E-state index in [1.54, 1.807) is 0 Å². The minimum atomic E-state index is 0.945. The summed E-state index contributed by atoms with van der Waals surface area (Å²) in [4.78, 5) is 18.0. The number of unbranched alkanes of at least 4 members (excludes halogenated alkanes) is 3. The topological polar surface area (TPSA) is 57.4 Å². The number of aromatic nitrogens is 4. The van der Waals surface area contributed by atoms with E-state index in [9.17, 15) is 0 Å². The van der Waals surface area contributed by atoms with Crippen molar-refractivity contribution in [2.24, 2.45) is 0 Å². The second-order valence-electron chi connectivity index (χ2n) is 12.0. The third-order valence-corrected chi connectivity index (χ3v) is 8.64. The third kappa shape index (κ3) is 5.56. The van der Waals surface area contributed by atoms with E-state index in [0.29, 0.717) is 0 Å². The molecule has 0 aliphatic carbocycles. The normalized spacial score (nSPS) is 12.2. The van der Waals surface area contributed by atoms with E-state index in [1.807, 2.05) is 0 Å². The van der Waals surface area contributed by atoms with Crippen LogP contribution in [0.2, 0.25) is 0 Å². The van der Waals surface area contributed by atoms with Gasteiger partial charge in [0.1, 0.15) is 0 Å². The van der Waals surface area contributed by atoms with Crippen LogP contribution in [0.25, 0.3) is 68.6 Å². The number of H-pyrrole nitrogens is 2. The highest BCUT2D eigenvalue weighted by Gasteiger charge is 2.17. The molecular weight excluding hydrogens is 536 g/mol. The number of nitrogens with zero attached hydrogens (tertiary/aromatic N) is 2. The Labute approximate surface area is 259 Å². The Balaban J connectivity index is 1.55. The number of hydrogen-bond acceptors (Lipinski definition) is 2. The Morgan fingerprint density at radius 2 is 1.00 bits per heavy atom. The standard InChI is InChI=1S/C40H38N4/c1-4-5-6-7-8-32-33-21-23-37(43-33)39(28-13-9-26(2)10-14-28)35-19-17-30(41-35)25-31-18-20-36(42-31)40(38-24-22-34(32)44-38)29-15-11-27(3)12-16-29/h9-25,41-42H,4-8H2,1-3H3. The number of fused-ring (bicyclic) bond motifs is 8. The molecule has 8 bridgehead atoms. The fourth-order valence-corrected chi connectivity index (χ4v) is 6.23. The van der Waals surface area contributed by atoms with Crippen LogP contribution >= 0.6 is 0 Å². The second-order valence-corrected chi connectivity index (χ2v) is 12.0. The van der Waals surface area contributed by atoms with Crippen molar-refractivity contribution in [2.75, 3.05) is 0 Å². The highest BCUT2D eigenvalue weighted by molar-refractivity contribution is 5.93. The molecule has 0 radical (unpaired) electrons. The summed E-state index contributed by atoms with van der Waals surface area (Å²) >= 11 is 0. The lowest BCUT2D eigenvalue weighted by Gasteiger charge is -2.06. The molecule has 0 saturated carbocycles. The van der Waals surface area contributed by atoms with Gasteiger partial charge in [-0.2, -0.15) is 0 Å². The summed E-state index contributed by atoms with van der Waals surface area (Å²) in [6.45, 7) is 6.51. The van der Waals surface area contributed by atoms with Gasteiger partial charge in [0.2, 0.25) is 0 Å². The quantitative estimate of drug-likeness (QED) is 0.186. The zero-order chi connectivity index (χ0) is 30.0. The fraction of sp³-hybridized carbons (Fsp3) is 0.200. The summed E-state index contributed by atoms with van der Waals surface area (Å²) in [5, 5.41) is 0. The van der Waals surface area contributed by atoms with Crippen LogP contribution in [0.3, 0.4) is 0 Å². The zero-order valence-electron chi connectivity index (χ0n) is 25.7. The zero-order valence-corrected chi connectivity index (χ0v) is 25.7. The smallest absolute Gasteiger partial charge is 0.0737 e. The van der Waals surface area contributed by atoms with E-state index in [0.717, 1.165) is 79.9 Å². The Hall–Kier alpha value is -4.96. The van der Waals surface area contributed by atoms with Gasteiger partial charge in [0, 0.05) is 38.8 Å². The van der Waals surface area contributed by atoms with Gasteiger partial charge < -0.3 is 9.97 Å². The van der Waals surface area contributed by atoms with Gasteiger partial charge in [-0.05, 0) is 92.5 Å². The highest BCUT2D eigenvalue weighted by atomic mass is 14.8. The van der Waals surface area contributed by atoms with Gasteiger partial charge >= 0.3 is 0 Å². The summed E-state index contributed by atoms with van der Waals surface area (Å²) in [5.74, 6) is 0. The number of rotatable bonds is 7. The fourth-order valence-electron chi connectivity index (χ4n) is 6.23. The van der Waals surface area contributed by atoms with Crippen LogP contribution in [-0.2, 0) is 6.42 Å². The summed E-state index contributed by atoms with van der Waals surface area (Å²) in [5.41, 5.74) is 16.3. The van der Waals surface area contributed by atoms with Crippen molar-refractivity contribution in [1.29, 1.82) is 0 Å². The first-order chi connectivity index (χ1) is 21.6. The van der Waals surface area contributed by atoms with E-state index in [4.69, 9.17) is 9.97 Å². The molecule has 3 aromatic heterocycles. The maximum absolute atomic E-state index is 5.31. The molecule has 7 rings (SSSR count). The molecule has 5 heterocycles. The Morgan fingerprint density at radius 3 is 1.48 bits per heavy atom. The molecule has 0 unspecified atom stereocenters. The molecule has 0 spiro atoms. The van der Waals surface area contributed by atoms with Crippen LogP contribution in [0.1, 0.15) is 72.1 Å². The first-order valence-corrected chi connectivity index (χ1v) is 15.8. The SMILES string of the molecule is CCCCCCc1c2nc(c(-c3ccc(C)cc3)c3ccc(cc4ccc([nH]4)c(-c4ccc(C)cc4)c4nc1C=C4)[nH]3)C=C2. The third-order valence-electron chi connectivity index (χ3n) is 8.64. The minimum Gasteiger partial charge on any atom is -0.355 e. The van der Waals surface area contributed by atoms with Crippen LogP contribution in [-0.4, -0.2) is 19.9 Å². The number of aryl methyl sites for hydroxylation is 2. The predicted molar refractivity (Wildman–Crippen MR) is 187 cm³/mol. The van der Waals surface area contributed by atoms with E-state index in [1.165, 1.54) is 36.0 Å². The van der Waals surface area contributed by atoms with Crippen LogP contribution in [0, 0.1) is 13.8 Å². The van der Waals surface area contributed by atoms with Crippen LogP contribution in [0.4, 0.5) is 0 Å². The van der Waals surface area contributed by atoms with Crippen molar-refractivity contribution < 1.29 is 0 Å².